The van der Waals surface area contributed by atoms with Gasteiger partial charge in [-0.05, 0) is 18.2 Å². The molecule has 1 aromatic carbocycles. The van der Waals surface area contributed by atoms with Gasteiger partial charge in [-0.25, -0.2) is 0 Å². The molecule has 0 unspecified atom stereocenters. The lowest BCUT2D eigenvalue weighted by atomic mass is 10.2. The highest BCUT2D eigenvalue weighted by Crippen LogP contribution is 2.31. The van der Waals surface area contributed by atoms with E-state index in [1.807, 2.05) is 6.07 Å². The van der Waals surface area contributed by atoms with Gasteiger partial charge in [0.15, 0.2) is 0 Å². The zero-order valence-electron chi connectivity index (χ0n) is 10.4. The SMILES string of the molecule is Clc1cccc(OCC2=NCc3ccncc3N2)c1Cl. The Kier molecular flexibility index (Phi) is 3.76. The molecule has 0 atom stereocenters. The summed E-state index contributed by atoms with van der Waals surface area (Å²) in [4.78, 5) is 8.49. The molecule has 0 amide bonds. The summed E-state index contributed by atoms with van der Waals surface area (Å²) < 4.78 is 5.64. The van der Waals surface area contributed by atoms with Crippen LogP contribution in [-0.4, -0.2) is 17.4 Å². The number of nitrogens with zero attached hydrogens (tertiary/aromatic N) is 2. The first kappa shape index (κ1) is 13.2. The van der Waals surface area contributed by atoms with E-state index in [1.165, 1.54) is 0 Å². The molecule has 0 radical (unpaired) electrons. The number of aromatic nitrogens is 1. The van der Waals surface area contributed by atoms with E-state index in [0.717, 1.165) is 17.1 Å². The normalized spacial score (nSPS) is 13.2. The predicted octanol–water partition coefficient (Wildman–Crippen LogP) is 3.79. The fraction of sp³-hybridized carbons (Fsp3) is 0.143. The lowest BCUT2D eigenvalue weighted by molar-refractivity contribution is 0.376. The molecule has 1 aliphatic rings. The lowest BCUT2D eigenvalue weighted by Crippen LogP contribution is -2.24. The molecule has 4 nitrogen and oxygen atoms in total. The molecule has 1 aromatic heterocycles. The van der Waals surface area contributed by atoms with E-state index in [9.17, 15) is 0 Å². The summed E-state index contributed by atoms with van der Waals surface area (Å²) in [7, 11) is 0. The van der Waals surface area contributed by atoms with Crippen LogP contribution >= 0.6 is 23.2 Å². The Morgan fingerprint density at radius 3 is 3.05 bits per heavy atom. The summed E-state index contributed by atoms with van der Waals surface area (Å²) in [6.45, 7) is 0.918. The molecule has 102 valence electrons. The Morgan fingerprint density at radius 1 is 1.25 bits per heavy atom. The topological polar surface area (TPSA) is 46.5 Å². The van der Waals surface area contributed by atoms with Crippen molar-refractivity contribution in [2.24, 2.45) is 4.99 Å². The van der Waals surface area contributed by atoms with Crippen molar-refractivity contribution in [1.82, 2.24) is 4.98 Å². The summed E-state index contributed by atoms with van der Waals surface area (Å²) in [5, 5.41) is 4.07. The van der Waals surface area contributed by atoms with E-state index < -0.39 is 0 Å². The zero-order chi connectivity index (χ0) is 13.9. The minimum absolute atomic E-state index is 0.300. The molecule has 20 heavy (non-hydrogen) atoms. The number of fused-ring (bicyclic) bond motifs is 1. The Hall–Kier alpha value is -1.78. The van der Waals surface area contributed by atoms with Crippen LogP contribution in [0.3, 0.4) is 0 Å². The monoisotopic (exact) mass is 307 g/mol. The van der Waals surface area contributed by atoms with Crippen molar-refractivity contribution in [3.8, 4) is 5.75 Å². The van der Waals surface area contributed by atoms with Crippen LogP contribution < -0.4 is 10.1 Å². The summed E-state index contributed by atoms with van der Waals surface area (Å²) in [6, 6.07) is 7.22. The third-order valence-corrected chi connectivity index (χ3v) is 3.71. The fourth-order valence-corrected chi connectivity index (χ4v) is 2.22. The predicted molar refractivity (Wildman–Crippen MR) is 81.0 cm³/mol. The maximum absolute atomic E-state index is 6.06. The third kappa shape index (κ3) is 2.71. The minimum atomic E-state index is 0.300. The Bertz CT molecular complexity index is 673. The maximum atomic E-state index is 6.06. The minimum Gasteiger partial charge on any atom is -0.484 e. The lowest BCUT2D eigenvalue weighted by Gasteiger charge is -2.18. The first-order valence-corrected chi connectivity index (χ1v) is 6.79. The smallest absolute Gasteiger partial charge is 0.145 e. The summed E-state index contributed by atoms with van der Waals surface area (Å²) in [5.74, 6) is 1.28. The summed E-state index contributed by atoms with van der Waals surface area (Å²) in [6.07, 6.45) is 3.53. The van der Waals surface area contributed by atoms with E-state index >= 15 is 0 Å². The maximum Gasteiger partial charge on any atom is 0.145 e. The van der Waals surface area contributed by atoms with Crippen LogP contribution in [0.2, 0.25) is 10.0 Å². The first-order chi connectivity index (χ1) is 9.74. The highest BCUT2D eigenvalue weighted by atomic mass is 35.5. The van der Waals surface area contributed by atoms with Crippen molar-refractivity contribution in [2.75, 3.05) is 11.9 Å². The molecule has 0 fully saturated rings. The van der Waals surface area contributed by atoms with Crippen LogP contribution in [0.5, 0.6) is 5.75 Å². The second-order valence-electron chi connectivity index (χ2n) is 4.26. The van der Waals surface area contributed by atoms with E-state index in [4.69, 9.17) is 27.9 Å². The van der Waals surface area contributed by atoms with E-state index in [0.29, 0.717) is 28.9 Å². The number of aliphatic imine (C=N–C) groups is 1. The number of pyridine rings is 1. The van der Waals surface area contributed by atoms with Gasteiger partial charge < -0.3 is 10.1 Å². The van der Waals surface area contributed by atoms with Gasteiger partial charge in [0.2, 0.25) is 0 Å². The average molecular weight is 308 g/mol. The Balaban J connectivity index is 1.68. The van der Waals surface area contributed by atoms with Gasteiger partial charge in [-0.1, -0.05) is 29.3 Å². The van der Waals surface area contributed by atoms with Crippen LogP contribution in [0.15, 0.2) is 41.7 Å². The van der Waals surface area contributed by atoms with Gasteiger partial charge >= 0.3 is 0 Å². The number of benzene rings is 1. The van der Waals surface area contributed by atoms with Crippen molar-refractivity contribution in [3.63, 3.8) is 0 Å². The number of halogens is 2. The number of nitrogens with one attached hydrogen (secondary N) is 1. The van der Waals surface area contributed by atoms with Crippen LogP contribution in [0, 0.1) is 0 Å². The highest BCUT2D eigenvalue weighted by Gasteiger charge is 2.13. The molecule has 0 bridgehead atoms. The Morgan fingerprint density at radius 2 is 2.15 bits per heavy atom. The van der Waals surface area contributed by atoms with Gasteiger partial charge in [0.1, 0.15) is 23.2 Å². The van der Waals surface area contributed by atoms with Crippen LogP contribution in [0.25, 0.3) is 0 Å². The van der Waals surface area contributed by atoms with Gasteiger partial charge in [-0.3, -0.25) is 9.98 Å². The number of hydrogen-bond acceptors (Lipinski definition) is 4. The molecule has 3 rings (SSSR count). The molecule has 0 spiro atoms. The van der Waals surface area contributed by atoms with Gasteiger partial charge in [0.05, 0.1) is 23.5 Å². The molecule has 1 aliphatic heterocycles. The van der Waals surface area contributed by atoms with Crippen molar-refractivity contribution in [1.29, 1.82) is 0 Å². The van der Waals surface area contributed by atoms with Crippen LogP contribution in [-0.2, 0) is 6.54 Å². The highest BCUT2D eigenvalue weighted by molar-refractivity contribution is 6.42. The molecule has 0 aliphatic carbocycles. The number of anilines is 1. The average Bonchev–Trinajstić information content (AvgIpc) is 2.48. The van der Waals surface area contributed by atoms with Gasteiger partial charge in [-0.2, -0.15) is 0 Å². The zero-order valence-corrected chi connectivity index (χ0v) is 11.9. The molecule has 1 N–H and O–H groups in total. The number of ether oxygens (including phenoxy) is 1. The number of rotatable bonds is 3. The number of hydrogen-bond donors (Lipinski definition) is 1. The van der Waals surface area contributed by atoms with Crippen molar-refractivity contribution in [3.05, 3.63) is 52.3 Å². The molecule has 2 heterocycles. The fourth-order valence-electron chi connectivity index (χ4n) is 1.87. The standard InChI is InChI=1S/C14H11Cl2N3O/c15-10-2-1-3-12(14(10)16)20-8-13-18-6-9-4-5-17-7-11(9)19-13/h1-5,7H,6,8H2,(H,18,19). The molecular formula is C14H11Cl2N3O. The second-order valence-corrected chi connectivity index (χ2v) is 5.05. The summed E-state index contributed by atoms with van der Waals surface area (Å²) in [5.41, 5.74) is 2.07. The van der Waals surface area contributed by atoms with Crippen molar-refractivity contribution in [2.45, 2.75) is 6.54 Å². The molecule has 0 saturated heterocycles. The molecular weight excluding hydrogens is 297 g/mol. The summed E-state index contributed by atoms with van der Waals surface area (Å²) >= 11 is 12.0. The van der Waals surface area contributed by atoms with E-state index in [-0.39, 0.29) is 0 Å². The Labute approximate surface area is 126 Å². The second kappa shape index (κ2) is 5.69. The van der Waals surface area contributed by atoms with Gasteiger partial charge in [-0.15, -0.1) is 0 Å². The quantitative estimate of drug-likeness (QED) is 0.938. The van der Waals surface area contributed by atoms with E-state index in [1.54, 1.807) is 30.6 Å². The van der Waals surface area contributed by atoms with Crippen LogP contribution in [0.4, 0.5) is 5.69 Å². The number of amidine groups is 1. The van der Waals surface area contributed by atoms with Crippen molar-refractivity contribution < 1.29 is 4.74 Å². The largest absolute Gasteiger partial charge is 0.484 e. The van der Waals surface area contributed by atoms with E-state index in [2.05, 4.69) is 15.3 Å². The van der Waals surface area contributed by atoms with Gasteiger partial charge in [0, 0.05) is 11.8 Å². The first-order valence-electron chi connectivity index (χ1n) is 6.04. The third-order valence-electron chi connectivity index (χ3n) is 2.91. The van der Waals surface area contributed by atoms with Crippen LogP contribution in [0.1, 0.15) is 5.56 Å². The molecule has 2 aromatic rings. The molecule has 0 saturated carbocycles. The molecule has 6 heteroatoms. The van der Waals surface area contributed by atoms with Gasteiger partial charge in [0.25, 0.3) is 0 Å². The van der Waals surface area contributed by atoms with Crippen molar-refractivity contribution >= 4 is 34.7 Å².